The van der Waals surface area contributed by atoms with Crippen LogP contribution in [0.15, 0.2) is 64.5 Å². The maximum atomic E-state index is 12.4. The maximum Gasteiger partial charge on any atom is 0.188 e. The molecule has 2 nitrogen and oxygen atoms in total. The van der Waals surface area contributed by atoms with Gasteiger partial charge < -0.3 is 4.90 Å². The smallest absolute Gasteiger partial charge is 0.188 e. The van der Waals surface area contributed by atoms with E-state index in [0.717, 1.165) is 22.7 Å². The van der Waals surface area contributed by atoms with Crippen LogP contribution in [-0.2, 0) is 0 Å². The molecule has 0 unspecified atom stereocenters. The predicted octanol–water partition coefficient (Wildman–Crippen LogP) is 4.65. The number of ketones is 1. The van der Waals surface area contributed by atoms with E-state index >= 15 is 0 Å². The number of rotatable bonds is 3. The number of para-hydroxylation sites is 1. The average Bonchev–Trinajstić information content (AvgIpc) is 2.84. The Morgan fingerprint density at radius 2 is 1.86 bits per heavy atom. The van der Waals surface area contributed by atoms with Gasteiger partial charge >= 0.3 is 0 Å². The van der Waals surface area contributed by atoms with Gasteiger partial charge in [0.05, 0.1) is 10.7 Å². The fraction of sp³-hybridized carbons (Fsp3) is 0.167. The summed E-state index contributed by atoms with van der Waals surface area (Å²) in [5, 5.41) is 1.00. The van der Waals surface area contributed by atoms with Crippen LogP contribution in [0.25, 0.3) is 0 Å². The van der Waals surface area contributed by atoms with E-state index in [-0.39, 0.29) is 5.78 Å². The molecule has 1 aliphatic heterocycles. The van der Waals surface area contributed by atoms with Crippen LogP contribution in [0.4, 0.5) is 5.69 Å². The Morgan fingerprint density at radius 3 is 2.57 bits per heavy atom. The fourth-order valence-electron chi connectivity index (χ4n) is 2.40. The van der Waals surface area contributed by atoms with E-state index in [4.69, 9.17) is 0 Å². The van der Waals surface area contributed by atoms with E-state index in [2.05, 4.69) is 24.0 Å². The molecule has 2 aromatic rings. The molecule has 3 heteroatoms. The zero-order valence-electron chi connectivity index (χ0n) is 12.2. The summed E-state index contributed by atoms with van der Waals surface area (Å²) in [6.45, 7) is 4.98. The Bertz CT molecular complexity index is 703. The molecule has 0 fully saturated rings. The van der Waals surface area contributed by atoms with E-state index in [1.54, 1.807) is 17.8 Å². The lowest BCUT2D eigenvalue weighted by atomic mass is 10.1. The highest BCUT2D eigenvalue weighted by Gasteiger charge is 2.24. The van der Waals surface area contributed by atoms with Crippen LogP contribution in [0, 0.1) is 6.92 Å². The SMILES string of the molecule is CCN1/C(=C/C(=O)c2ccc(C)cc2)Sc2ccccc21. The second-order valence-electron chi connectivity index (χ2n) is 5.03. The lowest BCUT2D eigenvalue weighted by molar-refractivity contribution is 0.104. The number of carbonyl (C=O) groups excluding carboxylic acids is 1. The molecule has 0 saturated heterocycles. The van der Waals surface area contributed by atoms with Crippen molar-refractivity contribution >= 4 is 23.2 Å². The molecule has 0 radical (unpaired) electrons. The molecule has 21 heavy (non-hydrogen) atoms. The lowest BCUT2D eigenvalue weighted by Crippen LogP contribution is -2.17. The highest BCUT2D eigenvalue weighted by atomic mass is 32.2. The summed E-state index contributed by atoms with van der Waals surface area (Å²) in [4.78, 5) is 15.8. The van der Waals surface area contributed by atoms with Gasteiger partial charge in [0, 0.05) is 23.1 Å². The molecule has 1 heterocycles. The van der Waals surface area contributed by atoms with Crippen molar-refractivity contribution in [1.82, 2.24) is 0 Å². The highest BCUT2D eigenvalue weighted by Crippen LogP contribution is 2.45. The van der Waals surface area contributed by atoms with Gasteiger partial charge in [0.15, 0.2) is 5.78 Å². The average molecular weight is 295 g/mol. The van der Waals surface area contributed by atoms with E-state index in [1.807, 2.05) is 43.3 Å². The first-order chi connectivity index (χ1) is 10.2. The zero-order valence-corrected chi connectivity index (χ0v) is 13.0. The number of hydrogen-bond acceptors (Lipinski definition) is 3. The zero-order chi connectivity index (χ0) is 14.8. The fourth-order valence-corrected chi connectivity index (χ4v) is 3.56. The van der Waals surface area contributed by atoms with Crippen molar-refractivity contribution in [3.63, 3.8) is 0 Å². The quantitative estimate of drug-likeness (QED) is 0.607. The van der Waals surface area contributed by atoms with Crippen molar-refractivity contribution in [2.24, 2.45) is 0 Å². The Kier molecular flexibility index (Phi) is 3.84. The molecule has 0 aliphatic carbocycles. The minimum absolute atomic E-state index is 0.0590. The third-order valence-corrected chi connectivity index (χ3v) is 4.66. The summed E-state index contributed by atoms with van der Waals surface area (Å²) < 4.78 is 0. The number of hydrogen-bond donors (Lipinski definition) is 0. The van der Waals surface area contributed by atoms with Crippen molar-refractivity contribution in [2.75, 3.05) is 11.4 Å². The molecule has 0 bridgehead atoms. The number of thioether (sulfide) groups is 1. The molecule has 0 spiro atoms. The lowest BCUT2D eigenvalue weighted by Gasteiger charge is -2.17. The molecular formula is C18H17NOS. The Morgan fingerprint density at radius 1 is 1.14 bits per heavy atom. The van der Waals surface area contributed by atoms with Gasteiger partial charge in [0.25, 0.3) is 0 Å². The predicted molar refractivity (Wildman–Crippen MR) is 88.9 cm³/mol. The van der Waals surface area contributed by atoms with Crippen molar-refractivity contribution in [2.45, 2.75) is 18.7 Å². The van der Waals surface area contributed by atoms with E-state index in [0.29, 0.717) is 0 Å². The van der Waals surface area contributed by atoms with Crippen LogP contribution in [0.1, 0.15) is 22.8 Å². The van der Waals surface area contributed by atoms with Crippen molar-refractivity contribution in [3.8, 4) is 0 Å². The maximum absolute atomic E-state index is 12.4. The third kappa shape index (κ3) is 2.74. The van der Waals surface area contributed by atoms with Crippen LogP contribution in [-0.4, -0.2) is 12.3 Å². The molecule has 0 amide bonds. The molecule has 0 saturated carbocycles. The molecule has 106 valence electrons. The number of allylic oxidation sites excluding steroid dienone is 1. The summed E-state index contributed by atoms with van der Waals surface area (Å²) in [6, 6.07) is 16.0. The Hall–Kier alpha value is -2.00. The summed E-state index contributed by atoms with van der Waals surface area (Å²) >= 11 is 1.66. The van der Waals surface area contributed by atoms with Crippen LogP contribution in [0.2, 0.25) is 0 Å². The summed E-state index contributed by atoms with van der Waals surface area (Å²) in [5.41, 5.74) is 3.09. The molecular weight excluding hydrogens is 278 g/mol. The minimum Gasteiger partial charge on any atom is -0.335 e. The van der Waals surface area contributed by atoms with E-state index in [1.165, 1.54) is 10.6 Å². The van der Waals surface area contributed by atoms with Crippen molar-refractivity contribution < 1.29 is 4.79 Å². The molecule has 0 aromatic heterocycles. The van der Waals surface area contributed by atoms with Gasteiger partial charge in [0.2, 0.25) is 0 Å². The second kappa shape index (κ2) is 5.78. The van der Waals surface area contributed by atoms with Crippen molar-refractivity contribution in [1.29, 1.82) is 0 Å². The van der Waals surface area contributed by atoms with Gasteiger partial charge in [-0.1, -0.05) is 53.7 Å². The normalized spacial score (nSPS) is 15.3. The van der Waals surface area contributed by atoms with Crippen LogP contribution in [0.5, 0.6) is 0 Å². The first-order valence-electron chi connectivity index (χ1n) is 7.06. The van der Waals surface area contributed by atoms with Crippen LogP contribution in [0.3, 0.4) is 0 Å². The third-order valence-electron chi connectivity index (χ3n) is 3.54. The Balaban J connectivity index is 1.90. The second-order valence-corrected chi connectivity index (χ2v) is 6.09. The van der Waals surface area contributed by atoms with E-state index in [9.17, 15) is 4.79 Å². The van der Waals surface area contributed by atoms with Crippen LogP contribution >= 0.6 is 11.8 Å². The number of benzene rings is 2. The van der Waals surface area contributed by atoms with Gasteiger partial charge in [-0.25, -0.2) is 0 Å². The summed E-state index contributed by atoms with van der Waals surface area (Å²) in [5.74, 6) is 0.0590. The molecule has 0 atom stereocenters. The summed E-state index contributed by atoms with van der Waals surface area (Å²) in [7, 11) is 0. The largest absolute Gasteiger partial charge is 0.335 e. The minimum atomic E-state index is 0.0590. The van der Waals surface area contributed by atoms with E-state index < -0.39 is 0 Å². The first-order valence-corrected chi connectivity index (χ1v) is 7.88. The molecule has 2 aromatic carbocycles. The number of fused-ring (bicyclic) bond motifs is 1. The number of anilines is 1. The van der Waals surface area contributed by atoms with Crippen molar-refractivity contribution in [3.05, 3.63) is 70.8 Å². The van der Waals surface area contributed by atoms with Gasteiger partial charge in [-0.05, 0) is 26.0 Å². The number of carbonyl (C=O) groups is 1. The Labute approximate surface area is 129 Å². The number of aryl methyl sites for hydroxylation is 1. The number of nitrogens with zero attached hydrogens (tertiary/aromatic N) is 1. The van der Waals surface area contributed by atoms with Gasteiger partial charge in [-0.2, -0.15) is 0 Å². The first kappa shape index (κ1) is 14.0. The topological polar surface area (TPSA) is 20.3 Å². The van der Waals surface area contributed by atoms with Gasteiger partial charge in [-0.15, -0.1) is 0 Å². The van der Waals surface area contributed by atoms with Gasteiger partial charge in [-0.3, -0.25) is 4.79 Å². The standard InChI is InChI=1S/C18H17NOS/c1-3-19-15-6-4-5-7-17(15)21-18(19)12-16(20)14-10-8-13(2)9-11-14/h4-12H,3H2,1-2H3/b18-12-. The molecule has 0 N–H and O–H groups in total. The van der Waals surface area contributed by atoms with Crippen LogP contribution < -0.4 is 4.90 Å². The highest BCUT2D eigenvalue weighted by molar-refractivity contribution is 8.03. The monoisotopic (exact) mass is 295 g/mol. The summed E-state index contributed by atoms with van der Waals surface area (Å²) in [6.07, 6.45) is 1.75. The molecule has 3 rings (SSSR count). The molecule has 1 aliphatic rings. The van der Waals surface area contributed by atoms with Gasteiger partial charge in [0.1, 0.15) is 0 Å².